The van der Waals surface area contributed by atoms with Crippen LogP contribution in [0, 0.1) is 0 Å². The van der Waals surface area contributed by atoms with Gasteiger partial charge < -0.3 is 14.4 Å². The summed E-state index contributed by atoms with van der Waals surface area (Å²) in [6.45, 7) is 7.05. The number of esters is 2. The quantitative estimate of drug-likeness (QED) is 0.289. The van der Waals surface area contributed by atoms with Crippen molar-refractivity contribution in [1.29, 1.82) is 0 Å². The fourth-order valence-corrected chi connectivity index (χ4v) is 1.51. The lowest BCUT2D eigenvalue weighted by Gasteiger charge is -2.18. The van der Waals surface area contributed by atoms with Crippen LogP contribution >= 0.6 is 7.82 Å². The average Bonchev–Trinajstić information content (AvgIpc) is 2.35. The molecule has 8 nitrogen and oxygen atoms in total. The van der Waals surface area contributed by atoms with E-state index in [2.05, 4.69) is 31.7 Å². The highest BCUT2D eigenvalue weighted by molar-refractivity contribution is 7.47. The van der Waals surface area contributed by atoms with Crippen LogP contribution in [0.15, 0.2) is 25.3 Å². The second-order valence-electron chi connectivity index (χ2n) is 2.89. The standard InChI is InChI=1S/C10H15O8P/c1-4-8(11)17-10(18-9(12)5-2)7-16-19(13,14)15-6-3/h4-5,10H,1-2,6-7H2,3H3,(H,13,14). The lowest BCUT2D eigenvalue weighted by Crippen LogP contribution is -2.27. The van der Waals surface area contributed by atoms with Crippen LogP contribution in [-0.2, 0) is 32.7 Å². The molecule has 108 valence electrons. The first kappa shape index (κ1) is 17.5. The Morgan fingerprint density at radius 1 is 1.21 bits per heavy atom. The van der Waals surface area contributed by atoms with E-state index in [-0.39, 0.29) is 6.61 Å². The molecule has 0 saturated carbocycles. The molecule has 9 heteroatoms. The summed E-state index contributed by atoms with van der Waals surface area (Å²) in [5.41, 5.74) is 0. The van der Waals surface area contributed by atoms with Gasteiger partial charge in [0.05, 0.1) is 6.61 Å². The molecule has 1 unspecified atom stereocenters. The van der Waals surface area contributed by atoms with E-state index in [1.54, 1.807) is 0 Å². The summed E-state index contributed by atoms with van der Waals surface area (Å²) in [5.74, 6) is -1.79. The predicted molar refractivity (Wildman–Crippen MR) is 63.8 cm³/mol. The Morgan fingerprint density at radius 2 is 1.68 bits per heavy atom. The Kier molecular flexibility index (Phi) is 7.94. The van der Waals surface area contributed by atoms with Gasteiger partial charge in [0.1, 0.15) is 6.61 Å². The summed E-state index contributed by atoms with van der Waals surface area (Å²) in [7, 11) is -4.28. The van der Waals surface area contributed by atoms with Gasteiger partial charge in [-0.3, -0.25) is 9.05 Å². The van der Waals surface area contributed by atoms with Gasteiger partial charge in [0.25, 0.3) is 6.29 Å². The van der Waals surface area contributed by atoms with E-state index in [0.29, 0.717) is 0 Å². The lowest BCUT2D eigenvalue weighted by atomic mass is 10.6. The van der Waals surface area contributed by atoms with Crippen LogP contribution in [0.4, 0.5) is 0 Å². The summed E-state index contributed by atoms with van der Waals surface area (Å²) in [6, 6.07) is 0. The van der Waals surface area contributed by atoms with Crippen molar-refractivity contribution < 1.29 is 37.6 Å². The molecule has 0 aliphatic rings. The molecule has 0 amide bonds. The van der Waals surface area contributed by atoms with Crippen LogP contribution in [0.5, 0.6) is 0 Å². The van der Waals surface area contributed by atoms with Gasteiger partial charge in [0.15, 0.2) is 0 Å². The maximum absolute atomic E-state index is 11.2. The van der Waals surface area contributed by atoms with Crippen LogP contribution in [-0.4, -0.2) is 36.3 Å². The van der Waals surface area contributed by atoms with E-state index in [1.807, 2.05) is 0 Å². The highest BCUT2D eigenvalue weighted by atomic mass is 31.2. The number of rotatable bonds is 9. The van der Waals surface area contributed by atoms with Crippen molar-refractivity contribution in [2.75, 3.05) is 13.2 Å². The van der Waals surface area contributed by atoms with Crippen molar-refractivity contribution in [1.82, 2.24) is 0 Å². The molecule has 0 aliphatic heterocycles. The highest BCUT2D eigenvalue weighted by Crippen LogP contribution is 2.43. The maximum atomic E-state index is 11.2. The van der Waals surface area contributed by atoms with Crippen molar-refractivity contribution in [3.63, 3.8) is 0 Å². The maximum Gasteiger partial charge on any atom is 0.472 e. The minimum Gasteiger partial charge on any atom is -0.419 e. The second kappa shape index (κ2) is 8.60. The first-order valence-corrected chi connectivity index (χ1v) is 6.62. The lowest BCUT2D eigenvalue weighted by molar-refractivity contribution is -0.186. The molecule has 0 aromatic carbocycles. The monoisotopic (exact) mass is 294 g/mol. The number of phosphoric acid groups is 1. The molecule has 0 aromatic rings. The number of hydrogen-bond donors (Lipinski definition) is 1. The Balaban J connectivity index is 4.53. The predicted octanol–water partition coefficient (Wildman–Crippen LogP) is 0.924. The van der Waals surface area contributed by atoms with Crippen LogP contribution in [0.3, 0.4) is 0 Å². The van der Waals surface area contributed by atoms with E-state index >= 15 is 0 Å². The number of hydrogen-bond acceptors (Lipinski definition) is 7. The zero-order chi connectivity index (χ0) is 14.9. The van der Waals surface area contributed by atoms with Crippen LogP contribution in [0.2, 0.25) is 0 Å². The number of carbonyl (C=O) groups excluding carboxylic acids is 2. The van der Waals surface area contributed by atoms with Crippen molar-refractivity contribution in [3.05, 3.63) is 25.3 Å². The van der Waals surface area contributed by atoms with Crippen molar-refractivity contribution >= 4 is 19.8 Å². The fraction of sp³-hybridized carbons (Fsp3) is 0.400. The number of ether oxygens (including phenoxy) is 2. The van der Waals surface area contributed by atoms with Crippen LogP contribution < -0.4 is 0 Å². The van der Waals surface area contributed by atoms with Crippen LogP contribution in [0.25, 0.3) is 0 Å². The Bertz CT molecular complexity index is 369. The molecule has 19 heavy (non-hydrogen) atoms. The van der Waals surface area contributed by atoms with Gasteiger partial charge >= 0.3 is 19.8 Å². The minimum atomic E-state index is -4.28. The SMILES string of the molecule is C=CC(=O)OC(COP(=O)(O)OCC)OC(=O)C=C. The fourth-order valence-electron chi connectivity index (χ4n) is 0.803. The normalized spacial score (nSPS) is 13.4. The van der Waals surface area contributed by atoms with E-state index in [1.165, 1.54) is 6.92 Å². The molecule has 1 N–H and O–H groups in total. The van der Waals surface area contributed by atoms with E-state index in [9.17, 15) is 14.2 Å². The summed E-state index contributed by atoms with van der Waals surface area (Å²) in [4.78, 5) is 31.1. The van der Waals surface area contributed by atoms with Gasteiger partial charge in [-0.15, -0.1) is 0 Å². The molecule has 1 atom stereocenters. The van der Waals surface area contributed by atoms with Crippen molar-refractivity contribution in [3.8, 4) is 0 Å². The third-order valence-electron chi connectivity index (χ3n) is 1.49. The van der Waals surface area contributed by atoms with E-state index < -0.39 is 32.7 Å². The van der Waals surface area contributed by atoms with Gasteiger partial charge in [-0.05, 0) is 6.92 Å². The van der Waals surface area contributed by atoms with Gasteiger partial charge in [0, 0.05) is 12.2 Å². The summed E-state index contributed by atoms with van der Waals surface area (Å²) >= 11 is 0. The second-order valence-corrected chi connectivity index (χ2v) is 4.35. The van der Waals surface area contributed by atoms with Gasteiger partial charge in [-0.25, -0.2) is 14.2 Å². The summed E-state index contributed by atoms with van der Waals surface area (Å²) in [6.07, 6.45) is 0.142. The van der Waals surface area contributed by atoms with Gasteiger partial charge in [0.2, 0.25) is 0 Å². The van der Waals surface area contributed by atoms with Crippen LogP contribution in [0.1, 0.15) is 6.92 Å². The number of phosphoric ester groups is 1. The molecule has 0 radical (unpaired) electrons. The molecular weight excluding hydrogens is 279 g/mol. The van der Waals surface area contributed by atoms with Gasteiger partial charge in [-0.2, -0.15) is 0 Å². The molecule has 0 spiro atoms. The average molecular weight is 294 g/mol. The minimum absolute atomic E-state index is 0.0582. The zero-order valence-electron chi connectivity index (χ0n) is 10.3. The third-order valence-corrected chi connectivity index (χ3v) is 2.55. The van der Waals surface area contributed by atoms with E-state index in [4.69, 9.17) is 4.89 Å². The molecule has 0 saturated heterocycles. The Labute approximate surface area is 110 Å². The van der Waals surface area contributed by atoms with E-state index in [0.717, 1.165) is 12.2 Å². The Morgan fingerprint density at radius 3 is 2.05 bits per heavy atom. The molecule has 0 rings (SSSR count). The molecule has 0 bridgehead atoms. The molecule has 0 fully saturated rings. The molecule has 0 aliphatic carbocycles. The first-order valence-electron chi connectivity index (χ1n) is 5.12. The molecule has 0 heterocycles. The Hall–Kier alpha value is -1.47. The third kappa shape index (κ3) is 8.28. The first-order chi connectivity index (χ1) is 8.84. The van der Waals surface area contributed by atoms with Gasteiger partial charge in [-0.1, -0.05) is 13.2 Å². The largest absolute Gasteiger partial charge is 0.472 e. The molecule has 0 aromatic heterocycles. The summed E-state index contributed by atoms with van der Waals surface area (Å²) in [5, 5.41) is 0. The topological polar surface area (TPSA) is 108 Å². The molecular formula is C10H15O8P. The van der Waals surface area contributed by atoms with Crippen molar-refractivity contribution in [2.24, 2.45) is 0 Å². The smallest absolute Gasteiger partial charge is 0.419 e. The zero-order valence-corrected chi connectivity index (χ0v) is 11.2. The summed E-state index contributed by atoms with van der Waals surface area (Å²) < 4.78 is 29.3. The van der Waals surface area contributed by atoms with Crippen molar-refractivity contribution in [2.45, 2.75) is 13.2 Å². The highest BCUT2D eigenvalue weighted by Gasteiger charge is 2.25. The number of carbonyl (C=O) groups is 2.